The molecule has 0 radical (unpaired) electrons. The molecule has 0 spiro atoms. The lowest BCUT2D eigenvalue weighted by Gasteiger charge is -2.38. The first-order chi connectivity index (χ1) is 11.3. The molecule has 3 rings (SSSR count). The maximum Gasteiger partial charge on any atom is 0.417 e. The molecule has 2 aromatic rings. The Morgan fingerprint density at radius 3 is 2.33 bits per heavy atom. The number of aliphatic hydroxyl groups is 1. The third kappa shape index (κ3) is 3.47. The lowest BCUT2D eigenvalue weighted by atomic mass is 9.91. The van der Waals surface area contributed by atoms with Crippen molar-refractivity contribution in [3.8, 4) is 11.1 Å². The summed E-state index contributed by atoms with van der Waals surface area (Å²) in [5.41, 5.74) is 0.646. The van der Waals surface area contributed by atoms with Crippen molar-refractivity contribution >= 4 is 0 Å². The molecule has 0 amide bonds. The Morgan fingerprint density at radius 1 is 1.12 bits per heavy atom. The smallest absolute Gasteiger partial charge is 0.380 e. The summed E-state index contributed by atoms with van der Waals surface area (Å²) in [4.78, 5) is 1.87. The second-order valence-corrected chi connectivity index (χ2v) is 6.42. The summed E-state index contributed by atoms with van der Waals surface area (Å²) in [7, 11) is 0. The zero-order valence-electron chi connectivity index (χ0n) is 13.4. The van der Waals surface area contributed by atoms with Crippen LogP contribution in [0, 0.1) is 6.92 Å². The largest absolute Gasteiger partial charge is 0.417 e. The van der Waals surface area contributed by atoms with Gasteiger partial charge in [0, 0.05) is 24.8 Å². The van der Waals surface area contributed by atoms with Crippen molar-refractivity contribution in [2.24, 2.45) is 0 Å². The van der Waals surface area contributed by atoms with Crippen LogP contribution < -0.4 is 0 Å². The van der Waals surface area contributed by atoms with Crippen LogP contribution in [0.25, 0.3) is 11.1 Å². The molecule has 1 fully saturated rings. The van der Waals surface area contributed by atoms with E-state index in [1.807, 2.05) is 42.3 Å². The highest BCUT2D eigenvalue weighted by Gasteiger charge is 2.54. The minimum Gasteiger partial charge on any atom is -0.380 e. The van der Waals surface area contributed by atoms with Gasteiger partial charge in [-0.15, -0.1) is 0 Å². The molecular formula is C17H20F3N3O. The van der Waals surface area contributed by atoms with E-state index in [2.05, 4.69) is 5.10 Å². The van der Waals surface area contributed by atoms with Gasteiger partial charge in [0.1, 0.15) is 0 Å². The van der Waals surface area contributed by atoms with E-state index in [1.165, 1.54) is 5.56 Å². The molecule has 0 unspecified atom stereocenters. The number of nitrogens with zero attached hydrogens (tertiary/aromatic N) is 3. The van der Waals surface area contributed by atoms with Crippen LogP contribution in [0.1, 0.15) is 18.4 Å². The molecule has 0 aliphatic carbocycles. The van der Waals surface area contributed by atoms with E-state index < -0.39 is 11.8 Å². The monoisotopic (exact) mass is 339 g/mol. The zero-order chi connectivity index (χ0) is 17.4. The molecule has 1 aliphatic heterocycles. The van der Waals surface area contributed by atoms with Gasteiger partial charge in [0.25, 0.3) is 0 Å². The van der Waals surface area contributed by atoms with E-state index in [9.17, 15) is 18.3 Å². The minimum atomic E-state index is -4.57. The summed E-state index contributed by atoms with van der Waals surface area (Å²) in [6.45, 7) is 2.82. The lowest BCUT2D eigenvalue weighted by Crippen LogP contribution is -2.53. The Labute approximate surface area is 138 Å². The molecule has 1 aromatic heterocycles. The molecule has 0 bridgehead atoms. The van der Waals surface area contributed by atoms with Crippen LogP contribution in [0.2, 0.25) is 0 Å². The third-order valence-electron chi connectivity index (χ3n) is 4.57. The number of hydrogen-bond acceptors (Lipinski definition) is 3. The van der Waals surface area contributed by atoms with Crippen molar-refractivity contribution in [1.29, 1.82) is 0 Å². The average Bonchev–Trinajstić information content (AvgIpc) is 2.98. The SMILES string of the molecule is Cc1ccc(-c2cnn(CN3CCC(O)(C(F)(F)F)CC3)c2)cc1. The molecule has 2 heterocycles. The van der Waals surface area contributed by atoms with E-state index >= 15 is 0 Å². The number of alkyl halides is 3. The lowest BCUT2D eigenvalue weighted by molar-refractivity contribution is -0.273. The van der Waals surface area contributed by atoms with Gasteiger partial charge in [-0.05, 0) is 25.3 Å². The molecule has 1 aromatic carbocycles. The molecule has 130 valence electrons. The Hall–Kier alpha value is -1.86. The predicted octanol–water partition coefficient (Wildman–Crippen LogP) is 3.21. The number of benzene rings is 1. The maximum absolute atomic E-state index is 12.8. The molecular weight excluding hydrogens is 319 g/mol. The summed E-state index contributed by atoms with van der Waals surface area (Å²) >= 11 is 0. The fourth-order valence-corrected chi connectivity index (χ4v) is 2.89. The van der Waals surface area contributed by atoms with Crippen molar-refractivity contribution in [3.05, 3.63) is 42.2 Å². The fourth-order valence-electron chi connectivity index (χ4n) is 2.89. The molecule has 7 heteroatoms. The summed E-state index contributed by atoms with van der Waals surface area (Å²) < 4.78 is 40.2. The summed E-state index contributed by atoms with van der Waals surface area (Å²) in [5.74, 6) is 0. The van der Waals surface area contributed by atoms with Crippen molar-refractivity contribution in [2.75, 3.05) is 13.1 Å². The van der Waals surface area contributed by atoms with Crippen LogP contribution in [0.15, 0.2) is 36.7 Å². The zero-order valence-corrected chi connectivity index (χ0v) is 13.4. The number of aryl methyl sites for hydroxylation is 1. The Kier molecular flexibility index (Phi) is 4.40. The molecule has 1 aliphatic rings. The van der Waals surface area contributed by atoms with E-state index in [4.69, 9.17) is 0 Å². The second-order valence-electron chi connectivity index (χ2n) is 6.42. The molecule has 1 saturated heterocycles. The van der Waals surface area contributed by atoms with Gasteiger partial charge < -0.3 is 5.11 Å². The Balaban J connectivity index is 1.61. The topological polar surface area (TPSA) is 41.3 Å². The summed E-state index contributed by atoms with van der Waals surface area (Å²) in [5, 5.41) is 14.0. The van der Waals surface area contributed by atoms with Crippen LogP contribution in [0.3, 0.4) is 0 Å². The van der Waals surface area contributed by atoms with E-state index in [0.717, 1.165) is 11.1 Å². The highest BCUT2D eigenvalue weighted by Crippen LogP contribution is 2.38. The number of hydrogen-bond donors (Lipinski definition) is 1. The number of piperidine rings is 1. The fraction of sp³-hybridized carbons (Fsp3) is 0.471. The molecule has 4 nitrogen and oxygen atoms in total. The maximum atomic E-state index is 12.8. The first kappa shape index (κ1) is 17.0. The van der Waals surface area contributed by atoms with Crippen LogP contribution in [0.4, 0.5) is 13.2 Å². The molecule has 24 heavy (non-hydrogen) atoms. The van der Waals surface area contributed by atoms with Crippen LogP contribution in [0.5, 0.6) is 0 Å². The average molecular weight is 339 g/mol. The normalized spacial score (nSPS) is 18.7. The Morgan fingerprint density at radius 2 is 1.75 bits per heavy atom. The molecule has 0 atom stereocenters. The number of rotatable bonds is 3. The summed E-state index contributed by atoms with van der Waals surface area (Å²) in [6, 6.07) is 8.08. The second kappa shape index (κ2) is 6.22. The van der Waals surface area contributed by atoms with Gasteiger partial charge >= 0.3 is 6.18 Å². The highest BCUT2D eigenvalue weighted by atomic mass is 19.4. The van der Waals surface area contributed by atoms with Gasteiger partial charge in [0.2, 0.25) is 0 Å². The quantitative estimate of drug-likeness (QED) is 0.934. The number of halogens is 3. The third-order valence-corrected chi connectivity index (χ3v) is 4.57. The van der Waals surface area contributed by atoms with Crippen LogP contribution in [-0.2, 0) is 6.67 Å². The van der Waals surface area contributed by atoms with Gasteiger partial charge in [-0.25, -0.2) is 0 Å². The van der Waals surface area contributed by atoms with Gasteiger partial charge in [-0.1, -0.05) is 29.8 Å². The van der Waals surface area contributed by atoms with E-state index in [1.54, 1.807) is 10.9 Å². The highest BCUT2D eigenvalue weighted by molar-refractivity contribution is 5.61. The molecule has 0 saturated carbocycles. The van der Waals surface area contributed by atoms with Crippen molar-refractivity contribution in [3.63, 3.8) is 0 Å². The van der Waals surface area contributed by atoms with Crippen LogP contribution >= 0.6 is 0 Å². The van der Waals surface area contributed by atoms with Gasteiger partial charge in [-0.2, -0.15) is 18.3 Å². The standard InChI is InChI=1S/C17H20F3N3O/c1-13-2-4-14(5-3-13)15-10-21-23(11-15)12-22-8-6-16(24,7-9-22)17(18,19)20/h2-5,10-11,24H,6-9,12H2,1H3. The van der Waals surface area contributed by atoms with Gasteiger partial charge in [-0.3, -0.25) is 9.58 Å². The van der Waals surface area contributed by atoms with Crippen molar-refractivity contribution in [2.45, 2.75) is 38.2 Å². The first-order valence-electron chi connectivity index (χ1n) is 7.88. The van der Waals surface area contributed by atoms with E-state index in [-0.39, 0.29) is 25.9 Å². The van der Waals surface area contributed by atoms with E-state index in [0.29, 0.717) is 6.67 Å². The Bertz CT molecular complexity index is 686. The molecule has 1 N–H and O–H groups in total. The van der Waals surface area contributed by atoms with Gasteiger partial charge in [0.15, 0.2) is 5.60 Å². The number of aromatic nitrogens is 2. The van der Waals surface area contributed by atoms with Gasteiger partial charge in [0.05, 0.1) is 12.9 Å². The first-order valence-corrected chi connectivity index (χ1v) is 7.88. The van der Waals surface area contributed by atoms with Crippen molar-refractivity contribution < 1.29 is 18.3 Å². The number of likely N-dealkylation sites (tertiary alicyclic amines) is 1. The predicted molar refractivity (Wildman–Crippen MR) is 84.2 cm³/mol. The van der Waals surface area contributed by atoms with Crippen LogP contribution in [-0.4, -0.2) is 44.7 Å². The summed E-state index contributed by atoms with van der Waals surface area (Å²) in [6.07, 6.45) is -1.54. The van der Waals surface area contributed by atoms with Crippen molar-refractivity contribution in [1.82, 2.24) is 14.7 Å². The minimum absolute atomic E-state index is 0.190.